The molecule has 2 amide bonds. The molecule has 0 saturated heterocycles. The Morgan fingerprint density at radius 3 is 2.22 bits per heavy atom. The maximum atomic E-state index is 11.9. The Kier molecular flexibility index (Phi) is 9.07. The van der Waals surface area contributed by atoms with E-state index in [1.165, 1.54) is 5.56 Å². The van der Waals surface area contributed by atoms with Gasteiger partial charge in [0.05, 0.1) is 6.61 Å². The Bertz CT molecular complexity index is 699. The van der Waals surface area contributed by atoms with Gasteiger partial charge < -0.3 is 15.7 Å². The number of carbonyl (C=O) groups excluding carboxylic acids is 2. The van der Waals surface area contributed by atoms with Crippen molar-refractivity contribution in [2.24, 2.45) is 0 Å². The van der Waals surface area contributed by atoms with Crippen LogP contribution in [0.4, 0.5) is 5.69 Å². The highest BCUT2D eigenvalue weighted by molar-refractivity contribution is 5.90. The summed E-state index contributed by atoms with van der Waals surface area (Å²) in [4.78, 5) is 23.7. The number of aliphatic hydroxyl groups is 1. The van der Waals surface area contributed by atoms with E-state index in [1.54, 1.807) is 24.3 Å². The van der Waals surface area contributed by atoms with Gasteiger partial charge in [0, 0.05) is 25.1 Å². The van der Waals surface area contributed by atoms with E-state index in [0.717, 1.165) is 36.9 Å². The van der Waals surface area contributed by atoms with E-state index in [9.17, 15) is 9.59 Å². The molecule has 0 aliphatic rings. The number of anilines is 1. The fourth-order valence-electron chi connectivity index (χ4n) is 2.72. The second kappa shape index (κ2) is 11.9. The first-order chi connectivity index (χ1) is 13.2. The highest BCUT2D eigenvalue weighted by atomic mass is 16.3. The molecule has 2 aromatic carbocycles. The number of aliphatic hydroxyl groups excluding tert-OH is 1. The monoisotopic (exact) mass is 368 g/mol. The topological polar surface area (TPSA) is 78.4 Å². The Morgan fingerprint density at radius 2 is 1.52 bits per heavy atom. The number of hydrogen-bond acceptors (Lipinski definition) is 3. The lowest BCUT2D eigenvalue weighted by molar-refractivity contribution is -0.121. The number of rotatable bonds is 11. The second-order valence-corrected chi connectivity index (χ2v) is 6.55. The van der Waals surface area contributed by atoms with Crippen LogP contribution in [0.3, 0.4) is 0 Å². The van der Waals surface area contributed by atoms with E-state index >= 15 is 0 Å². The zero-order valence-electron chi connectivity index (χ0n) is 15.6. The molecule has 2 aromatic rings. The summed E-state index contributed by atoms with van der Waals surface area (Å²) in [6.07, 6.45) is 4.28. The van der Waals surface area contributed by atoms with E-state index in [1.807, 2.05) is 30.3 Å². The van der Waals surface area contributed by atoms with Crippen LogP contribution in [0.5, 0.6) is 0 Å². The van der Waals surface area contributed by atoms with Crippen LogP contribution >= 0.6 is 0 Å². The van der Waals surface area contributed by atoms with Gasteiger partial charge in [0.1, 0.15) is 0 Å². The van der Waals surface area contributed by atoms with Gasteiger partial charge in [0.25, 0.3) is 0 Å². The predicted octanol–water partition coefficient (Wildman–Crippen LogP) is 3.43. The summed E-state index contributed by atoms with van der Waals surface area (Å²) in [6.45, 7) is 0.648. The molecule has 0 bridgehead atoms. The first kappa shape index (κ1) is 20.6. The molecule has 0 saturated carbocycles. The molecule has 144 valence electrons. The van der Waals surface area contributed by atoms with Crippen molar-refractivity contribution in [3.8, 4) is 0 Å². The standard InChI is InChI=1S/C22H28N2O3/c25-17-19-10-13-20(14-11-19)24-22(27)9-5-2-6-16-23-21(26)15-12-18-7-3-1-4-8-18/h1,3-4,7-8,10-11,13-14,25H,2,5-6,9,12,15-17H2,(H,23,26)(H,24,27). The molecule has 0 unspecified atom stereocenters. The van der Waals surface area contributed by atoms with Gasteiger partial charge in [-0.15, -0.1) is 0 Å². The fraction of sp³-hybridized carbons (Fsp3) is 0.364. The zero-order chi connectivity index (χ0) is 19.3. The first-order valence-corrected chi connectivity index (χ1v) is 9.47. The van der Waals surface area contributed by atoms with E-state index in [2.05, 4.69) is 10.6 Å². The predicted molar refractivity (Wildman–Crippen MR) is 107 cm³/mol. The average Bonchev–Trinajstić information content (AvgIpc) is 2.70. The number of amides is 2. The van der Waals surface area contributed by atoms with Crippen molar-refractivity contribution in [2.75, 3.05) is 11.9 Å². The normalized spacial score (nSPS) is 10.4. The molecule has 3 N–H and O–H groups in total. The van der Waals surface area contributed by atoms with Crippen LogP contribution in [0.2, 0.25) is 0 Å². The van der Waals surface area contributed by atoms with Crippen LogP contribution in [-0.4, -0.2) is 23.5 Å². The SMILES string of the molecule is O=C(CCc1ccccc1)NCCCCCC(=O)Nc1ccc(CO)cc1. The molecule has 2 rings (SSSR count). The maximum absolute atomic E-state index is 11.9. The van der Waals surface area contributed by atoms with Crippen molar-refractivity contribution in [3.05, 3.63) is 65.7 Å². The van der Waals surface area contributed by atoms with Gasteiger partial charge in [-0.3, -0.25) is 9.59 Å². The summed E-state index contributed by atoms with van der Waals surface area (Å²) in [5, 5.41) is 14.8. The van der Waals surface area contributed by atoms with Crippen molar-refractivity contribution >= 4 is 17.5 Å². The van der Waals surface area contributed by atoms with Crippen molar-refractivity contribution in [1.82, 2.24) is 5.32 Å². The first-order valence-electron chi connectivity index (χ1n) is 9.47. The molecule has 0 spiro atoms. The molecule has 0 aliphatic carbocycles. The third-order valence-corrected chi connectivity index (χ3v) is 4.31. The lowest BCUT2D eigenvalue weighted by Gasteiger charge is -2.07. The largest absolute Gasteiger partial charge is 0.392 e. The van der Waals surface area contributed by atoms with Crippen LogP contribution in [0.1, 0.15) is 43.2 Å². The number of carbonyl (C=O) groups is 2. The lowest BCUT2D eigenvalue weighted by atomic mass is 10.1. The molecule has 5 heteroatoms. The molecular weight excluding hydrogens is 340 g/mol. The number of nitrogens with one attached hydrogen (secondary N) is 2. The molecular formula is C22H28N2O3. The van der Waals surface area contributed by atoms with Crippen molar-refractivity contribution in [2.45, 2.75) is 45.1 Å². The minimum absolute atomic E-state index is 0.00296. The highest BCUT2D eigenvalue weighted by Crippen LogP contribution is 2.11. The van der Waals surface area contributed by atoms with Crippen LogP contribution in [-0.2, 0) is 22.6 Å². The van der Waals surface area contributed by atoms with Gasteiger partial charge in [-0.05, 0) is 42.5 Å². The van der Waals surface area contributed by atoms with Gasteiger partial charge in [-0.25, -0.2) is 0 Å². The molecule has 0 aromatic heterocycles. The number of hydrogen-bond donors (Lipinski definition) is 3. The van der Waals surface area contributed by atoms with Crippen molar-refractivity contribution in [1.29, 1.82) is 0 Å². The van der Waals surface area contributed by atoms with Gasteiger partial charge in [0.2, 0.25) is 11.8 Å². The smallest absolute Gasteiger partial charge is 0.224 e. The molecule has 0 atom stereocenters. The van der Waals surface area contributed by atoms with E-state index in [4.69, 9.17) is 5.11 Å². The third kappa shape index (κ3) is 8.51. The summed E-state index contributed by atoms with van der Waals surface area (Å²) in [5.74, 6) is 0.0570. The summed E-state index contributed by atoms with van der Waals surface area (Å²) >= 11 is 0. The van der Waals surface area contributed by atoms with E-state index < -0.39 is 0 Å². The van der Waals surface area contributed by atoms with Gasteiger partial charge >= 0.3 is 0 Å². The minimum Gasteiger partial charge on any atom is -0.392 e. The van der Waals surface area contributed by atoms with Crippen LogP contribution < -0.4 is 10.6 Å². The number of benzene rings is 2. The van der Waals surface area contributed by atoms with Gasteiger partial charge in [-0.1, -0.05) is 48.9 Å². The molecule has 0 aliphatic heterocycles. The van der Waals surface area contributed by atoms with Gasteiger partial charge in [0.15, 0.2) is 0 Å². The van der Waals surface area contributed by atoms with Crippen molar-refractivity contribution < 1.29 is 14.7 Å². The van der Waals surface area contributed by atoms with Crippen LogP contribution in [0, 0.1) is 0 Å². The van der Waals surface area contributed by atoms with Crippen molar-refractivity contribution in [3.63, 3.8) is 0 Å². The zero-order valence-corrected chi connectivity index (χ0v) is 15.6. The second-order valence-electron chi connectivity index (χ2n) is 6.55. The van der Waals surface area contributed by atoms with Crippen LogP contribution in [0.15, 0.2) is 54.6 Å². The lowest BCUT2D eigenvalue weighted by Crippen LogP contribution is -2.24. The summed E-state index contributed by atoms with van der Waals surface area (Å²) in [5.41, 5.74) is 2.73. The van der Waals surface area contributed by atoms with Crippen LogP contribution in [0.25, 0.3) is 0 Å². The Hall–Kier alpha value is -2.66. The van der Waals surface area contributed by atoms with Gasteiger partial charge in [-0.2, -0.15) is 0 Å². The average molecular weight is 368 g/mol. The Morgan fingerprint density at radius 1 is 0.778 bits per heavy atom. The highest BCUT2D eigenvalue weighted by Gasteiger charge is 2.04. The maximum Gasteiger partial charge on any atom is 0.224 e. The number of unbranched alkanes of at least 4 members (excludes halogenated alkanes) is 2. The molecule has 5 nitrogen and oxygen atoms in total. The Labute approximate surface area is 160 Å². The number of aryl methyl sites for hydroxylation is 1. The molecule has 0 heterocycles. The third-order valence-electron chi connectivity index (χ3n) is 4.31. The summed E-state index contributed by atoms with van der Waals surface area (Å²) in [7, 11) is 0. The quantitative estimate of drug-likeness (QED) is 0.532. The van der Waals surface area contributed by atoms with E-state index in [-0.39, 0.29) is 18.4 Å². The fourth-order valence-corrected chi connectivity index (χ4v) is 2.72. The Balaban J connectivity index is 1.49. The molecule has 27 heavy (non-hydrogen) atoms. The minimum atomic E-state index is -0.0151. The summed E-state index contributed by atoms with van der Waals surface area (Å²) in [6, 6.07) is 17.1. The molecule has 0 radical (unpaired) electrons. The van der Waals surface area contributed by atoms with E-state index in [0.29, 0.717) is 19.4 Å². The summed E-state index contributed by atoms with van der Waals surface area (Å²) < 4.78 is 0. The molecule has 0 fully saturated rings.